The van der Waals surface area contributed by atoms with Gasteiger partial charge in [-0.05, 0) is 55.5 Å². The van der Waals surface area contributed by atoms with E-state index in [9.17, 15) is 14.4 Å². The standard InChI is InChI=1S/C23H24N2O3/c1-2-18-7-5-6-14-24(18)21(26)17-12-10-16(11-13-17)15-25-22(27)19-8-3-4-9-20(19)23(25)28/h3-4,8-13,18H,2,5-7,14-15H2,1H3. The molecule has 1 fully saturated rings. The molecule has 5 heteroatoms. The number of likely N-dealkylation sites (tertiary alicyclic amines) is 1. The van der Waals surface area contributed by atoms with E-state index in [4.69, 9.17) is 0 Å². The van der Waals surface area contributed by atoms with E-state index in [1.807, 2.05) is 17.0 Å². The summed E-state index contributed by atoms with van der Waals surface area (Å²) in [7, 11) is 0. The van der Waals surface area contributed by atoms with Crippen LogP contribution in [-0.4, -0.2) is 40.1 Å². The van der Waals surface area contributed by atoms with Gasteiger partial charge in [0.25, 0.3) is 17.7 Å². The van der Waals surface area contributed by atoms with Crippen molar-refractivity contribution in [2.75, 3.05) is 6.54 Å². The van der Waals surface area contributed by atoms with Crippen LogP contribution in [0.1, 0.15) is 69.2 Å². The van der Waals surface area contributed by atoms with Gasteiger partial charge < -0.3 is 4.90 Å². The zero-order valence-electron chi connectivity index (χ0n) is 16.1. The maximum Gasteiger partial charge on any atom is 0.261 e. The fraction of sp³-hybridized carbons (Fsp3) is 0.348. The minimum absolute atomic E-state index is 0.0684. The first kappa shape index (κ1) is 18.4. The Kier molecular flexibility index (Phi) is 4.99. The number of rotatable bonds is 4. The molecule has 2 aliphatic rings. The van der Waals surface area contributed by atoms with Crippen LogP contribution in [0, 0.1) is 0 Å². The van der Waals surface area contributed by atoms with Crippen molar-refractivity contribution in [3.8, 4) is 0 Å². The van der Waals surface area contributed by atoms with Crippen molar-refractivity contribution in [2.45, 2.75) is 45.2 Å². The summed E-state index contributed by atoms with van der Waals surface area (Å²) in [5, 5.41) is 0. The molecule has 0 spiro atoms. The molecule has 5 nitrogen and oxygen atoms in total. The Morgan fingerprint density at radius 2 is 1.61 bits per heavy atom. The average Bonchev–Trinajstić information content (AvgIpc) is 2.99. The number of carbonyl (C=O) groups is 3. The van der Waals surface area contributed by atoms with E-state index in [1.165, 1.54) is 11.3 Å². The van der Waals surface area contributed by atoms with Gasteiger partial charge >= 0.3 is 0 Å². The van der Waals surface area contributed by atoms with Crippen molar-refractivity contribution in [2.24, 2.45) is 0 Å². The maximum atomic E-state index is 12.9. The van der Waals surface area contributed by atoms with Crippen molar-refractivity contribution in [3.63, 3.8) is 0 Å². The van der Waals surface area contributed by atoms with E-state index in [0.717, 1.165) is 31.4 Å². The molecule has 1 saturated heterocycles. The van der Waals surface area contributed by atoms with Crippen LogP contribution in [-0.2, 0) is 6.54 Å². The zero-order chi connectivity index (χ0) is 19.7. The van der Waals surface area contributed by atoms with Gasteiger partial charge in [-0.15, -0.1) is 0 Å². The molecular weight excluding hydrogens is 352 g/mol. The molecule has 2 aliphatic heterocycles. The highest BCUT2D eigenvalue weighted by molar-refractivity contribution is 6.21. The molecule has 0 aliphatic carbocycles. The molecule has 0 N–H and O–H groups in total. The lowest BCUT2D eigenvalue weighted by molar-refractivity contribution is 0.0603. The van der Waals surface area contributed by atoms with Gasteiger partial charge in [-0.3, -0.25) is 19.3 Å². The van der Waals surface area contributed by atoms with Gasteiger partial charge in [0.15, 0.2) is 0 Å². The van der Waals surface area contributed by atoms with Crippen molar-refractivity contribution < 1.29 is 14.4 Å². The fourth-order valence-corrected chi connectivity index (χ4v) is 4.18. The third-order valence-electron chi connectivity index (χ3n) is 5.78. The number of benzene rings is 2. The van der Waals surface area contributed by atoms with Crippen LogP contribution < -0.4 is 0 Å². The number of fused-ring (bicyclic) bond motifs is 1. The number of hydrogen-bond acceptors (Lipinski definition) is 3. The van der Waals surface area contributed by atoms with Crippen molar-refractivity contribution in [3.05, 3.63) is 70.8 Å². The number of hydrogen-bond donors (Lipinski definition) is 0. The molecular formula is C23H24N2O3. The Bertz CT molecular complexity index is 885. The van der Waals surface area contributed by atoms with Gasteiger partial charge in [0.2, 0.25) is 0 Å². The summed E-state index contributed by atoms with van der Waals surface area (Å²) in [6.07, 6.45) is 4.28. The maximum absolute atomic E-state index is 12.9. The second-order valence-electron chi connectivity index (χ2n) is 7.50. The Labute approximate surface area is 164 Å². The molecule has 1 atom stereocenters. The van der Waals surface area contributed by atoms with Gasteiger partial charge in [-0.2, -0.15) is 0 Å². The molecule has 0 saturated carbocycles. The smallest absolute Gasteiger partial charge is 0.261 e. The van der Waals surface area contributed by atoms with Gasteiger partial charge in [0, 0.05) is 18.2 Å². The van der Waals surface area contributed by atoms with Crippen LogP contribution in [0.5, 0.6) is 0 Å². The number of piperidine rings is 1. The summed E-state index contributed by atoms with van der Waals surface area (Å²) in [5.74, 6) is -0.460. The lowest BCUT2D eigenvalue weighted by atomic mass is 9.98. The van der Waals surface area contributed by atoms with Crippen LogP contribution in [0.3, 0.4) is 0 Å². The van der Waals surface area contributed by atoms with Crippen molar-refractivity contribution in [1.29, 1.82) is 0 Å². The topological polar surface area (TPSA) is 57.7 Å². The van der Waals surface area contributed by atoms with Crippen LogP contribution in [0.15, 0.2) is 48.5 Å². The molecule has 0 radical (unpaired) electrons. The summed E-state index contributed by atoms with van der Waals surface area (Å²) in [6, 6.07) is 14.5. The lowest BCUT2D eigenvalue weighted by Gasteiger charge is -2.35. The fourth-order valence-electron chi connectivity index (χ4n) is 4.18. The predicted molar refractivity (Wildman–Crippen MR) is 106 cm³/mol. The minimum atomic E-state index is -0.264. The second kappa shape index (κ2) is 7.58. The summed E-state index contributed by atoms with van der Waals surface area (Å²) in [5.41, 5.74) is 2.40. The first-order valence-electron chi connectivity index (χ1n) is 9.95. The summed E-state index contributed by atoms with van der Waals surface area (Å²) < 4.78 is 0. The van der Waals surface area contributed by atoms with Crippen LogP contribution in [0.2, 0.25) is 0 Å². The highest BCUT2D eigenvalue weighted by Gasteiger charge is 2.35. The molecule has 3 amide bonds. The van der Waals surface area contributed by atoms with Crippen molar-refractivity contribution >= 4 is 17.7 Å². The molecule has 2 aromatic carbocycles. The number of nitrogens with zero attached hydrogens (tertiary/aromatic N) is 2. The van der Waals surface area contributed by atoms with E-state index in [-0.39, 0.29) is 24.3 Å². The Morgan fingerprint density at radius 1 is 0.964 bits per heavy atom. The molecule has 1 unspecified atom stereocenters. The minimum Gasteiger partial charge on any atom is -0.336 e. The highest BCUT2D eigenvalue weighted by Crippen LogP contribution is 2.25. The van der Waals surface area contributed by atoms with E-state index in [2.05, 4.69) is 6.92 Å². The molecule has 2 heterocycles. The lowest BCUT2D eigenvalue weighted by Crippen LogP contribution is -2.43. The third kappa shape index (κ3) is 3.21. The molecule has 28 heavy (non-hydrogen) atoms. The molecule has 0 bridgehead atoms. The monoisotopic (exact) mass is 376 g/mol. The quantitative estimate of drug-likeness (QED) is 0.761. The summed E-state index contributed by atoms with van der Waals surface area (Å²) in [6.45, 7) is 3.15. The average molecular weight is 376 g/mol. The van der Waals surface area contributed by atoms with Crippen LogP contribution in [0.4, 0.5) is 0 Å². The highest BCUT2D eigenvalue weighted by atomic mass is 16.2. The van der Waals surface area contributed by atoms with E-state index in [0.29, 0.717) is 22.7 Å². The zero-order valence-corrected chi connectivity index (χ0v) is 16.1. The summed E-state index contributed by atoms with van der Waals surface area (Å²) >= 11 is 0. The number of amides is 3. The molecule has 144 valence electrons. The van der Waals surface area contributed by atoms with Gasteiger partial charge in [0.05, 0.1) is 17.7 Å². The molecule has 4 rings (SSSR count). The Hall–Kier alpha value is -2.95. The SMILES string of the molecule is CCC1CCCCN1C(=O)c1ccc(CN2C(=O)c3ccccc3C2=O)cc1. The normalized spacial score (nSPS) is 19.1. The second-order valence-corrected chi connectivity index (χ2v) is 7.50. The first-order valence-corrected chi connectivity index (χ1v) is 9.95. The van der Waals surface area contributed by atoms with E-state index >= 15 is 0 Å². The van der Waals surface area contributed by atoms with Gasteiger partial charge in [0.1, 0.15) is 0 Å². The predicted octanol–water partition coefficient (Wildman–Crippen LogP) is 3.89. The first-order chi connectivity index (χ1) is 13.6. The van der Waals surface area contributed by atoms with Gasteiger partial charge in [-0.1, -0.05) is 31.2 Å². The molecule has 0 aromatic heterocycles. The Morgan fingerprint density at radius 3 is 2.21 bits per heavy atom. The van der Waals surface area contributed by atoms with E-state index in [1.54, 1.807) is 36.4 Å². The largest absolute Gasteiger partial charge is 0.336 e. The number of carbonyl (C=O) groups excluding carboxylic acids is 3. The number of imide groups is 1. The third-order valence-corrected chi connectivity index (χ3v) is 5.78. The van der Waals surface area contributed by atoms with Crippen LogP contribution in [0.25, 0.3) is 0 Å². The molecule has 2 aromatic rings. The van der Waals surface area contributed by atoms with E-state index < -0.39 is 0 Å². The Balaban J connectivity index is 1.48. The van der Waals surface area contributed by atoms with Crippen LogP contribution >= 0.6 is 0 Å². The summed E-state index contributed by atoms with van der Waals surface area (Å²) in [4.78, 5) is 41.2. The van der Waals surface area contributed by atoms with Gasteiger partial charge in [-0.25, -0.2) is 0 Å². The van der Waals surface area contributed by atoms with Crippen molar-refractivity contribution in [1.82, 2.24) is 9.80 Å².